The number of rotatable bonds is 8. The maximum atomic E-state index is 11.8. The summed E-state index contributed by atoms with van der Waals surface area (Å²) in [4.78, 5) is 20.7. The summed E-state index contributed by atoms with van der Waals surface area (Å²) in [5.74, 6) is 1.89. The summed E-state index contributed by atoms with van der Waals surface area (Å²) in [6.45, 7) is 13.6. The second-order valence-electron chi connectivity index (χ2n) is 7.35. The van der Waals surface area contributed by atoms with E-state index in [1.807, 2.05) is 20.9 Å². The van der Waals surface area contributed by atoms with E-state index in [4.69, 9.17) is 0 Å². The molecule has 0 spiro atoms. The molecule has 2 N–H and O–H groups in total. The molecule has 0 aromatic rings. The molecule has 6 nitrogen and oxygen atoms in total. The van der Waals surface area contributed by atoms with E-state index >= 15 is 0 Å². The van der Waals surface area contributed by atoms with Crippen molar-refractivity contribution >= 4 is 11.9 Å². The van der Waals surface area contributed by atoms with E-state index in [9.17, 15) is 4.79 Å². The summed E-state index contributed by atoms with van der Waals surface area (Å²) >= 11 is 0. The summed E-state index contributed by atoms with van der Waals surface area (Å²) in [6, 6.07) is 0.206. The van der Waals surface area contributed by atoms with Crippen molar-refractivity contribution in [3.8, 4) is 0 Å². The molecule has 0 aromatic heterocycles. The molecular formula is C18H37N5O. The summed E-state index contributed by atoms with van der Waals surface area (Å²) in [5.41, 5.74) is 0. The van der Waals surface area contributed by atoms with Crippen LogP contribution in [0.3, 0.4) is 0 Å². The van der Waals surface area contributed by atoms with Crippen LogP contribution < -0.4 is 10.6 Å². The molecule has 1 amide bonds. The van der Waals surface area contributed by atoms with Crippen molar-refractivity contribution in [3.05, 3.63) is 0 Å². The lowest BCUT2D eigenvalue weighted by molar-refractivity contribution is -0.123. The highest BCUT2D eigenvalue weighted by Crippen LogP contribution is 2.06. The van der Waals surface area contributed by atoms with Gasteiger partial charge in [0.05, 0.1) is 6.54 Å². The normalized spacial score (nSPS) is 16.8. The minimum Gasteiger partial charge on any atom is -0.356 e. The molecule has 0 aromatic carbocycles. The minimum atomic E-state index is 0.117. The van der Waals surface area contributed by atoms with Crippen LogP contribution in [0, 0.1) is 5.92 Å². The molecule has 0 bridgehead atoms. The largest absolute Gasteiger partial charge is 0.356 e. The fraction of sp³-hybridized carbons (Fsp3) is 0.889. The first-order valence-electron chi connectivity index (χ1n) is 9.39. The Morgan fingerprint density at radius 2 is 1.75 bits per heavy atom. The molecule has 0 saturated carbocycles. The fourth-order valence-corrected chi connectivity index (χ4v) is 2.90. The van der Waals surface area contributed by atoms with Gasteiger partial charge in [0, 0.05) is 45.8 Å². The van der Waals surface area contributed by atoms with Gasteiger partial charge in [0.15, 0.2) is 5.96 Å². The molecule has 1 fully saturated rings. The number of hydrogen-bond acceptors (Lipinski definition) is 3. The average molecular weight is 340 g/mol. The van der Waals surface area contributed by atoms with Gasteiger partial charge in [-0.2, -0.15) is 0 Å². The van der Waals surface area contributed by atoms with Crippen molar-refractivity contribution in [2.75, 3.05) is 46.3 Å². The van der Waals surface area contributed by atoms with Crippen LogP contribution in [0.15, 0.2) is 4.99 Å². The number of amides is 1. The molecule has 1 aliphatic rings. The topological polar surface area (TPSA) is 60.0 Å². The summed E-state index contributed by atoms with van der Waals surface area (Å²) < 4.78 is 0. The summed E-state index contributed by atoms with van der Waals surface area (Å²) in [5, 5.41) is 6.43. The van der Waals surface area contributed by atoms with E-state index in [-0.39, 0.29) is 11.9 Å². The van der Waals surface area contributed by atoms with Crippen molar-refractivity contribution < 1.29 is 4.79 Å². The Morgan fingerprint density at radius 3 is 2.29 bits per heavy atom. The zero-order valence-corrected chi connectivity index (χ0v) is 16.3. The van der Waals surface area contributed by atoms with Gasteiger partial charge in [-0.15, -0.1) is 0 Å². The lowest BCUT2D eigenvalue weighted by Crippen LogP contribution is -2.54. The molecule has 1 aliphatic heterocycles. The number of carbonyl (C=O) groups is 1. The monoisotopic (exact) mass is 339 g/mol. The zero-order chi connectivity index (χ0) is 17.9. The smallest absolute Gasteiger partial charge is 0.234 e. The Hall–Kier alpha value is -1.30. The van der Waals surface area contributed by atoms with Gasteiger partial charge in [-0.3, -0.25) is 14.7 Å². The molecule has 1 saturated heterocycles. The van der Waals surface area contributed by atoms with Crippen molar-refractivity contribution in [2.24, 2.45) is 10.9 Å². The van der Waals surface area contributed by atoms with Crippen LogP contribution in [0.25, 0.3) is 0 Å². The molecule has 1 rings (SSSR count). The highest BCUT2D eigenvalue weighted by atomic mass is 16.2. The van der Waals surface area contributed by atoms with Gasteiger partial charge in [-0.05, 0) is 26.2 Å². The van der Waals surface area contributed by atoms with Crippen LogP contribution in [0.1, 0.15) is 47.0 Å². The summed E-state index contributed by atoms with van der Waals surface area (Å²) in [6.07, 6.45) is 3.74. The van der Waals surface area contributed by atoms with Gasteiger partial charge in [0.2, 0.25) is 5.91 Å². The molecule has 6 heteroatoms. The third-order valence-corrected chi connectivity index (χ3v) is 4.19. The number of nitrogens with one attached hydrogen (secondary N) is 2. The molecule has 0 radical (unpaired) electrons. The molecule has 140 valence electrons. The number of nitrogens with zero attached hydrogens (tertiary/aromatic N) is 3. The standard InChI is InChI=1S/C18H37N5O/c1-15(2)8-6-7-9-20-18(19-5)23-12-10-22(11-13-23)14-17(24)21-16(3)4/h15-16H,6-14H2,1-5H3,(H,19,20)(H,21,24). The quantitative estimate of drug-likeness (QED) is 0.400. The van der Waals surface area contributed by atoms with Crippen LogP contribution in [-0.2, 0) is 4.79 Å². The highest BCUT2D eigenvalue weighted by Gasteiger charge is 2.21. The second-order valence-corrected chi connectivity index (χ2v) is 7.35. The average Bonchev–Trinajstić information content (AvgIpc) is 2.51. The van der Waals surface area contributed by atoms with E-state index in [0.29, 0.717) is 6.54 Å². The van der Waals surface area contributed by atoms with Crippen molar-refractivity contribution in [1.29, 1.82) is 0 Å². The third-order valence-electron chi connectivity index (χ3n) is 4.19. The van der Waals surface area contributed by atoms with Gasteiger partial charge in [-0.1, -0.05) is 26.7 Å². The first-order chi connectivity index (χ1) is 11.4. The van der Waals surface area contributed by atoms with Gasteiger partial charge in [-0.25, -0.2) is 0 Å². The van der Waals surface area contributed by atoms with E-state index in [0.717, 1.165) is 44.6 Å². The predicted molar refractivity (Wildman–Crippen MR) is 101 cm³/mol. The first kappa shape index (κ1) is 20.7. The maximum Gasteiger partial charge on any atom is 0.234 e. The van der Waals surface area contributed by atoms with E-state index in [1.54, 1.807) is 0 Å². The van der Waals surface area contributed by atoms with Gasteiger partial charge >= 0.3 is 0 Å². The molecule has 0 atom stereocenters. The van der Waals surface area contributed by atoms with Crippen LogP contribution in [0.5, 0.6) is 0 Å². The van der Waals surface area contributed by atoms with Crippen LogP contribution in [-0.4, -0.2) is 74.0 Å². The zero-order valence-electron chi connectivity index (χ0n) is 16.3. The van der Waals surface area contributed by atoms with Crippen molar-refractivity contribution in [3.63, 3.8) is 0 Å². The van der Waals surface area contributed by atoms with Crippen LogP contribution in [0.2, 0.25) is 0 Å². The van der Waals surface area contributed by atoms with E-state index < -0.39 is 0 Å². The number of piperazine rings is 1. The number of carbonyl (C=O) groups excluding carboxylic acids is 1. The van der Waals surface area contributed by atoms with Crippen molar-refractivity contribution in [1.82, 2.24) is 20.4 Å². The number of hydrogen-bond donors (Lipinski definition) is 2. The second kappa shape index (κ2) is 11.3. The number of unbranched alkanes of at least 4 members (excludes halogenated alkanes) is 1. The van der Waals surface area contributed by atoms with Gasteiger partial charge in [0.1, 0.15) is 0 Å². The van der Waals surface area contributed by atoms with Gasteiger partial charge in [0.25, 0.3) is 0 Å². The van der Waals surface area contributed by atoms with Crippen molar-refractivity contribution in [2.45, 2.75) is 53.0 Å². The molecular weight excluding hydrogens is 302 g/mol. The van der Waals surface area contributed by atoms with Crippen LogP contribution >= 0.6 is 0 Å². The molecule has 0 aliphatic carbocycles. The van der Waals surface area contributed by atoms with Crippen LogP contribution in [0.4, 0.5) is 0 Å². The van der Waals surface area contributed by atoms with Gasteiger partial charge < -0.3 is 15.5 Å². The Morgan fingerprint density at radius 1 is 1.08 bits per heavy atom. The molecule has 1 heterocycles. The Labute approximate surface area is 148 Å². The SMILES string of the molecule is CN=C(NCCCCC(C)C)N1CCN(CC(=O)NC(C)C)CC1. The fourth-order valence-electron chi connectivity index (χ4n) is 2.90. The third kappa shape index (κ3) is 8.52. The van der Waals surface area contributed by atoms with E-state index in [1.165, 1.54) is 19.3 Å². The molecule has 24 heavy (non-hydrogen) atoms. The highest BCUT2D eigenvalue weighted by molar-refractivity contribution is 5.80. The maximum absolute atomic E-state index is 11.8. The first-order valence-corrected chi connectivity index (χ1v) is 9.39. The minimum absolute atomic E-state index is 0.117. The Bertz CT molecular complexity index is 387. The van der Waals surface area contributed by atoms with E-state index in [2.05, 4.69) is 39.3 Å². The molecule has 0 unspecified atom stereocenters. The lowest BCUT2D eigenvalue weighted by atomic mass is 10.1. The summed E-state index contributed by atoms with van der Waals surface area (Å²) in [7, 11) is 1.85. The lowest BCUT2D eigenvalue weighted by Gasteiger charge is -2.36. The Balaban J connectivity index is 2.25. The number of guanidine groups is 1. The predicted octanol–water partition coefficient (Wildman–Crippen LogP) is 1.53. The Kier molecular flexibility index (Phi) is 9.76. The number of aliphatic imine (C=N–C) groups is 1.